The normalized spacial score (nSPS) is 56.0. The first kappa shape index (κ1) is 13.4. The Kier molecular flexibility index (Phi) is 3.35. The van der Waals surface area contributed by atoms with Crippen molar-refractivity contribution in [2.45, 2.75) is 89.1 Å². The summed E-state index contributed by atoms with van der Waals surface area (Å²) in [5.41, 5.74) is 0. The average Bonchev–Trinajstić information content (AvgIpc) is 2.55. The van der Waals surface area contributed by atoms with Crippen molar-refractivity contribution >= 4 is 0 Å². The molecule has 5 fully saturated rings. The summed E-state index contributed by atoms with van der Waals surface area (Å²) in [6.45, 7) is 0. The summed E-state index contributed by atoms with van der Waals surface area (Å²) in [5, 5.41) is 4.29. The fourth-order valence-electron chi connectivity index (χ4n) is 7.75. The lowest BCUT2D eigenvalue weighted by atomic mass is 9.51. The molecule has 4 saturated carbocycles. The zero-order chi connectivity index (χ0) is 13.8. The molecule has 1 N–H and O–H groups in total. The number of rotatable bonds is 0. The van der Waals surface area contributed by atoms with Gasteiger partial charge in [0, 0.05) is 12.1 Å². The summed E-state index contributed by atoms with van der Waals surface area (Å²) < 4.78 is 0. The van der Waals surface area contributed by atoms with E-state index in [1.54, 1.807) is 51.4 Å². The van der Waals surface area contributed by atoms with E-state index in [0.717, 1.165) is 47.6 Å². The van der Waals surface area contributed by atoms with Crippen molar-refractivity contribution in [3.05, 3.63) is 0 Å². The molecular weight excluding hydrogens is 254 g/mol. The van der Waals surface area contributed by atoms with Gasteiger partial charge in [0.05, 0.1) is 0 Å². The van der Waals surface area contributed by atoms with Gasteiger partial charge in [0.15, 0.2) is 0 Å². The minimum atomic E-state index is 0.913. The molecule has 0 spiro atoms. The highest BCUT2D eigenvalue weighted by Gasteiger charge is 2.53. The van der Waals surface area contributed by atoms with Gasteiger partial charge in [-0.3, -0.25) is 0 Å². The van der Waals surface area contributed by atoms with Gasteiger partial charge in [-0.25, -0.2) is 0 Å². The van der Waals surface area contributed by atoms with Crippen molar-refractivity contribution < 1.29 is 0 Å². The highest BCUT2D eigenvalue weighted by Crippen LogP contribution is 2.55. The summed E-state index contributed by atoms with van der Waals surface area (Å²) in [5.74, 6) is 6.50. The standard InChI is InChI=1S/C20H33N/c1-2-8-15-13(5-1)11-12-17-16-9-3-6-14-7-4-10-18(19(14)16)21-20(15)17/h13-21H,1-12H2. The first-order valence-corrected chi connectivity index (χ1v) is 10.2. The quantitative estimate of drug-likeness (QED) is 0.677. The Morgan fingerprint density at radius 3 is 2.24 bits per heavy atom. The minimum Gasteiger partial charge on any atom is -0.310 e. The molecule has 0 aromatic rings. The lowest BCUT2D eigenvalue weighted by Gasteiger charge is -2.60. The van der Waals surface area contributed by atoms with E-state index in [1.165, 1.54) is 25.7 Å². The predicted octanol–water partition coefficient (Wildman–Crippen LogP) is 4.76. The monoisotopic (exact) mass is 287 g/mol. The van der Waals surface area contributed by atoms with E-state index in [9.17, 15) is 0 Å². The number of hydrogen-bond acceptors (Lipinski definition) is 1. The smallest absolute Gasteiger partial charge is 0.0132 e. The van der Waals surface area contributed by atoms with Crippen LogP contribution in [0.3, 0.4) is 0 Å². The summed E-state index contributed by atoms with van der Waals surface area (Å²) >= 11 is 0. The van der Waals surface area contributed by atoms with Crippen LogP contribution in [0.2, 0.25) is 0 Å². The molecule has 1 saturated heterocycles. The van der Waals surface area contributed by atoms with Crippen molar-refractivity contribution in [3.8, 4) is 0 Å². The van der Waals surface area contributed by atoms with Crippen LogP contribution in [0.5, 0.6) is 0 Å². The SMILES string of the molecule is C1CCC2C(C1)CCC1C3CCCC4CCCC(NC21)C43. The van der Waals surface area contributed by atoms with Gasteiger partial charge in [0.25, 0.3) is 0 Å². The van der Waals surface area contributed by atoms with E-state index >= 15 is 0 Å². The second-order valence-electron chi connectivity index (χ2n) is 9.11. The molecule has 0 amide bonds. The third kappa shape index (κ3) is 2.06. The van der Waals surface area contributed by atoms with Crippen molar-refractivity contribution in [1.29, 1.82) is 0 Å². The zero-order valence-electron chi connectivity index (χ0n) is 13.6. The molecule has 1 heteroatoms. The predicted molar refractivity (Wildman–Crippen MR) is 87.1 cm³/mol. The van der Waals surface area contributed by atoms with Gasteiger partial charge in [0.2, 0.25) is 0 Å². The molecule has 0 bridgehead atoms. The molecule has 5 aliphatic rings. The third-order valence-electron chi connectivity index (χ3n) is 8.42. The maximum Gasteiger partial charge on any atom is 0.0132 e. The molecule has 21 heavy (non-hydrogen) atoms. The number of hydrogen-bond donors (Lipinski definition) is 1. The van der Waals surface area contributed by atoms with Crippen LogP contribution in [-0.2, 0) is 0 Å². The van der Waals surface area contributed by atoms with E-state index < -0.39 is 0 Å². The van der Waals surface area contributed by atoms with Crippen molar-refractivity contribution in [1.82, 2.24) is 5.32 Å². The van der Waals surface area contributed by atoms with Gasteiger partial charge in [-0.15, -0.1) is 0 Å². The second-order valence-corrected chi connectivity index (χ2v) is 9.11. The van der Waals surface area contributed by atoms with Gasteiger partial charge in [-0.1, -0.05) is 44.9 Å². The van der Waals surface area contributed by atoms with Crippen LogP contribution in [0, 0.1) is 35.5 Å². The fourth-order valence-corrected chi connectivity index (χ4v) is 7.75. The van der Waals surface area contributed by atoms with E-state index in [4.69, 9.17) is 0 Å². The Morgan fingerprint density at radius 2 is 1.29 bits per heavy atom. The topological polar surface area (TPSA) is 12.0 Å². The lowest BCUT2D eigenvalue weighted by Crippen LogP contribution is -2.64. The molecule has 1 heterocycles. The van der Waals surface area contributed by atoms with Crippen LogP contribution in [0.1, 0.15) is 77.0 Å². The highest BCUT2D eigenvalue weighted by molar-refractivity contribution is 5.07. The molecule has 8 atom stereocenters. The molecule has 8 unspecified atom stereocenters. The number of nitrogens with one attached hydrogen (secondary N) is 1. The Morgan fingerprint density at radius 1 is 0.524 bits per heavy atom. The molecule has 0 radical (unpaired) electrons. The summed E-state index contributed by atoms with van der Waals surface area (Å²) in [6.07, 6.45) is 18.5. The van der Waals surface area contributed by atoms with Crippen LogP contribution in [-0.4, -0.2) is 12.1 Å². The average molecular weight is 287 g/mol. The van der Waals surface area contributed by atoms with Crippen LogP contribution in [0.15, 0.2) is 0 Å². The fraction of sp³-hybridized carbons (Fsp3) is 1.00. The second kappa shape index (κ2) is 5.25. The first-order chi connectivity index (χ1) is 10.4. The Hall–Kier alpha value is -0.0400. The Balaban J connectivity index is 1.44. The molecule has 0 aromatic heterocycles. The van der Waals surface area contributed by atoms with Crippen molar-refractivity contribution in [2.24, 2.45) is 35.5 Å². The first-order valence-electron chi connectivity index (χ1n) is 10.2. The van der Waals surface area contributed by atoms with Gasteiger partial charge < -0.3 is 5.32 Å². The Labute approximate surface area is 130 Å². The molecule has 118 valence electrons. The van der Waals surface area contributed by atoms with Crippen LogP contribution in [0.25, 0.3) is 0 Å². The van der Waals surface area contributed by atoms with Crippen molar-refractivity contribution in [2.75, 3.05) is 0 Å². The Bertz CT molecular complexity index is 389. The highest BCUT2D eigenvalue weighted by atomic mass is 15.0. The van der Waals surface area contributed by atoms with E-state index in [1.807, 2.05) is 0 Å². The molecular formula is C20H33N. The zero-order valence-corrected chi connectivity index (χ0v) is 13.6. The third-order valence-corrected chi connectivity index (χ3v) is 8.42. The molecule has 1 aliphatic heterocycles. The molecule has 4 aliphatic carbocycles. The van der Waals surface area contributed by atoms with Gasteiger partial charge in [0.1, 0.15) is 0 Å². The van der Waals surface area contributed by atoms with Gasteiger partial charge >= 0.3 is 0 Å². The maximum absolute atomic E-state index is 4.29. The minimum absolute atomic E-state index is 0.913. The van der Waals surface area contributed by atoms with Crippen molar-refractivity contribution in [3.63, 3.8) is 0 Å². The largest absolute Gasteiger partial charge is 0.310 e. The van der Waals surface area contributed by atoms with E-state index in [0.29, 0.717) is 0 Å². The van der Waals surface area contributed by atoms with Gasteiger partial charge in [-0.2, -0.15) is 0 Å². The number of piperidine rings is 1. The van der Waals surface area contributed by atoms with Crippen LogP contribution < -0.4 is 5.32 Å². The summed E-state index contributed by atoms with van der Waals surface area (Å²) in [4.78, 5) is 0. The maximum atomic E-state index is 4.29. The van der Waals surface area contributed by atoms with E-state index in [-0.39, 0.29) is 0 Å². The summed E-state index contributed by atoms with van der Waals surface area (Å²) in [7, 11) is 0. The molecule has 0 aromatic carbocycles. The van der Waals surface area contributed by atoms with E-state index in [2.05, 4.69) is 5.32 Å². The molecule has 1 nitrogen and oxygen atoms in total. The molecule has 5 rings (SSSR count). The van der Waals surface area contributed by atoms with Crippen LogP contribution >= 0.6 is 0 Å². The number of fused-ring (bicyclic) bond motifs is 4. The summed E-state index contributed by atoms with van der Waals surface area (Å²) in [6, 6.07) is 1.84. The lowest BCUT2D eigenvalue weighted by molar-refractivity contribution is -0.0684. The van der Waals surface area contributed by atoms with Gasteiger partial charge in [-0.05, 0) is 67.6 Å². The van der Waals surface area contributed by atoms with Crippen LogP contribution in [0.4, 0.5) is 0 Å².